The zero-order valence-electron chi connectivity index (χ0n) is 23.5. The molecule has 1 aromatic carbocycles. The molecule has 12 heteroatoms. The number of amides is 3. The molecule has 224 valence electrons. The maximum absolute atomic E-state index is 13.5. The highest BCUT2D eigenvalue weighted by Gasteiger charge is 2.34. The number of hydrogen-bond donors (Lipinski definition) is 2. The highest BCUT2D eigenvalue weighted by Crippen LogP contribution is 2.36. The van der Waals surface area contributed by atoms with E-state index >= 15 is 0 Å². The van der Waals surface area contributed by atoms with E-state index in [0.29, 0.717) is 32.4 Å². The number of urea groups is 1. The van der Waals surface area contributed by atoms with Crippen LogP contribution in [0, 0.1) is 0 Å². The number of rotatable bonds is 7. The summed E-state index contributed by atoms with van der Waals surface area (Å²) in [6.07, 6.45) is 1.30. The number of carbonyl (C=O) groups is 2. The molecule has 1 saturated carbocycles. The van der Waals surface area contributed by atoms with Crippen LogP contribution in [0.2, 0.25) is 0 Å². The Morgan fingerprint density at radius 1 is 1.00 bits per heavy atom. The van der Waals surface area contributed by atoms with Crippen molar-refractivity contribution in [2.24, 2.45) is 0 Å². The molecule has 2 fully saturated rings. The van der Waals surface area contributed by atoms with E-state index in [0.717, 1.165) is 30.5 Å². The Hall–Kier alpha value is -3.54. The summed E-state index contributed by atoms with van der Waals surface area (Å²) in [6.45, 7) is 6.39. The van der Waals surface area contributed by atoms with E-state index in [4.69, 9.17) is 14.2 Å². The third-order valence-corrected chi connectivity index (χ3v) is 6.89. The maximum atomic E-state index is 13.5. The number of hydrogen-bond acceptors (Lipinski definition) is 6. The van der Waals surface area contributed by atoms with Gasteiger partial charge < -0.3 is 29.7 Å². The Kier molecular flexibility index (Phi) is 9.62. The van der Waals surface area contributed by atoms with Crippen LogP contribution in [0.4, 0.5) is 28.4 Å². The number of halogens is 3. The highest BCUT2D eigenvalue weighted by atomic mass is 19.4. The van der Waals surface area contributed by atoms with Crippen molar-refractivity contribution in [1.82, 2.24) is 15.2 Å². The van der Waals surface area contributed by atoms with Crippen LogP contribution in [0.1, 0.15) is 64.0 Å². The number of nitrogens with one attached hydrogen (secondary N) is 2. The molecule has 3 amide bonds. The van der Waals surface area contributed by atoms with Gasteiger partial charge >= 0.3 is 18.3 Å². The minimum Gasteiger partial charge on any atom is -0.486 e. The predicted molar refractivity (Wildman–Crippen MR) is 146 cm³/mol. The van der Waals surface area contributed by atoms with Gasteiger partial charge in [0.05, 0.1) is 30.5 Å². The Morgan fingerprint density at radius 2 is 1.71 bits per heavy atom. The lowest BCUT2D eigenvalue weighted by Crippen LogP contribution is -2.41. The SMILES string of the molecule is CC(C)(C)OC(=O)N1CCC(Oc2ccc(C(F)(F)F)cc2NC(=O)N[C@H]2CC[C@H](OCc3ccncc3)CC2)C1. The number of carbonyl (C=O) groups excluding carboxylic acids is 2. The summed E-state index contributed by atoms with van der Waals surface area (Å²) >= 11 is 0. The fourth-order valence-corrected chi connectivity index (χ4v) is 4.81. The van der Waals surface area contributed by atoms with E-state index in [1.807, 2.05) is 12.1 Å². The minimum absolute atomic E-state index is 0.0689. The fourth-order valence-electron chi connectivity index (χ4n) is 4.81. The summed E-state index contributed by atoms with van der Waals surface area (Å²) in [5.74, 6) is 0.0948. The third kappa shape index (κ3) is 9.24. The summed E-state index contributed by atoms with van der Waals surface area (Å²) < 4.78 is 57.7. The molecule has 0 bridgehead atoms. The van der Waals surface area contributed by atoms with E-state index in [2.05, 4.69) is 15.6 Å². The van der Waals surface area contributed by atoms with Crippen molar-refractivity contribution in [3.63, 3.8) is 0 Å². The Balaban J connectivity index is 1.32. The molecule has 0 spiro atoms. The van der Waals surface area contributed by atoms with Gasteiger partial charge in [0.2, 0.25) is 0 Å². The van der Waals surface area contributed by atoms with Gasteiger partial charge in [0.15, 0.2) is 0 Å². The van der Waals surface area contributed by atoms with E-state index in [1.165, 1.54) is 11.0 Å². The molecular weight excluding hydrogens is 541 g/mol. The molecule has 1 unspecified atom stereocenters. The Bertz CT molecular complexity index is 1180. The van der Waals surface area contributed by atoms with Crippen molar-refractivity contribution in [2.45, 2.75) is 89.5 Å². The molecule has 2 heterocycles. The van der Waals surface area contributed by atoms with Gasteiger partial charge in [-0.15, -0.1) is 0 Å². The lowest BCUT2D eigenvalue weighted by atomic mass is 9.93. The lowest BCUT2D eigenvalue weighted by molar-refractivity contribution is -0.137. The van der Waals surface area contributed by atoms with E-state index in [9.17, 15) is 22.8 Å². The number of pyridine rings is 1. The number of anilines is 1. The molecule has 41 heavy (non-hydrogen) atoms. The zero-order chi connectivity index (χ0) is 29.6. The van der Waals surface area contributed by atoms with E-state index in [1.54, 1.807) is 33.2 Å². The standard InChI is InChI=1S/C29H37F3N4O5/c1-28(2,3)41-27(38)36-15-12-23(17-36)40-25-9-4-20(29(30,31)32)16-24(25)35-26(37)34-21-5-7-22(8-6-21)39-18-19-10-13-33-14-11-19/h4,9-11,13-14,16,21-23H,5-8,12,15,17-18H2,1-3H3,(H2,34,35,37)/t21-,22-,23?. The molecule has 2 N–H and O–H groups in total. The van der Waals surface area contributed by atoms with Gasteiger partial charge in [-0.3, -0.25) is 4.98 Å². The predicted octanol–water partition coefficient (Wildman–Crippen LogP) is 6.14. The van der Waals surface area contributed by atoms with Crippen molar-refractivity contribution in [2.75, 3.05) is 18.4 Å². The van der Waals surface area contributed by atoms with Crippen LogP contribution < -0.4 is 15.4 Å². The van der Waals surface area contributed by atoms with Gasteiger partial charge in [0.25, 0.3) is 0 Å². The van der Waals surface area contributed by atoms with Crippen molar-refractivity contribution in [3.8, 4) is 5.75 Å². The molecule has 1 aliphatic heterocycles. The van der Waals surface area contributed by atoms with Gasteiger partial charge in [-0.1, -0.05) is 0 Å². The van der Waals surface area contributed by atoms with E-state index in [-0.39, 0.29) is 30.1 Å². The average Bonchev–Trinajstić information content (AvgIpc) is 3.37. The second-order valence-corrected chi connectivity index (χ2v) is 11.4. The van der Waals surface area contributed by atoms with Crippen molar-refractivity contribution >= 4 is 17.8 Å². The second kappa shape index (κ2) is 13.0. The number of alkyl halides is 3. The third-order valence-electron chi connectivity index (χ3n) is 6.89. The molecule has 1 aliphatic carbocycles. The fraction of sp³-hybridized carbons (Fsp3) is 0.552. The highest BCUT2D eigenvalue weighted by molar-refractivity contribution is 5.91. The summed E-state index contributed by atoms with van der Waals surface area (Å²) in [7, 11) is 0. The molecular formula is C29H37F3N4O5. The number of aromatic nitrogens is 1. The molecule has 9 nitrogen and oxygen atoms in total. The Morgan fingerprint density at radius 3 is 2.37 bits per heavy atom. The minimum atomic E-state index is -4.60. The molecule has 0 radical (unpaired) electrons. The van der Waals surface area contributed by atoms with Crippen LogP contribution in [-0.2, 0) is 22.3 Å². The first-order valence-electron chi connectivity index (χ1n) is 13.8. The smallest absolute Gasteiger partial charge is 0.416 e. The lowest BCUT2D eigenvalue weighted by Gasteiger charge is -2.29. The van der Waals surface area contributed by atoms with Crippen LogP contribution in [0.5, 0.6) is 5.75 Å². The molecule has 1 saturated heterocycles. The van der Waals surface area contributed by atoms with Crippen molar-refractivity contribution in [1.29, 1.82) is 0 Å². The second-order valence-electron chi connectivity index (χ2n) is 11.4. The monoisotopic (exact) mass is 578 g/mol. The Labute approximate surface area is 237 Å². The molecule has 2 aliphatic rings. The number of ether oxygens (including phenoxy) is 3. The molecule has 2 aromatic rings. The number of likely N-dealkylation sites (tertiary alicyclic amines) is 1. The number of benzene rings is 1. The van der Waals surface area contributed by atoms with Gasteiger partial charge in [0.1, 0.15) is 17.5 Å². The average molecular weight is 579 g/mol. The van der Waals surface area contributed by atoms with Gasteiger partial charge in [-0.05, 0) is 82.3 Å². The first-order chi connectivity index (χ1) is 19.4. The largest absolute Gasteiger partial charge is 0.486 e. The van der Waals surface area contributed by atoms with Crippen LogP contribution in [0.25, 0.3) is 0 Å². The van der Waals surface area contributed by atoms with Crippen LogP contribution >= 0.6 is 0 Å². The van der Waals surface area contributed by atoms with Gasteiger partial charge in [0, 0.05) is 31.4 Å². The van der Waals surface area contributed by atoms with Crippen molar-refractivity contribution < 1.29 is 37.0 Å². The van der Waals surface area contributed by atoms with Gasteiger partial charge in [-0.2, -0.15) is 13.2 Å². The van der Waals surface area contributed by atoms with E-state index < -0.39 is 35.6 Å². The topological polar surface area (TPSA) is 102 Å². The van der Waals surface area contributed by atoms with Crippen molar-refractivity contribution in [3.05, 3.63) is 53.9 Å². The summed E-state index contributed by atoms with van der Waals surface area (Å²) in [5.41, 5.74) is -0.620. The summed E-state index contributed by atoms with van der Waals surface area (Å²) in [6, 6.07) is 6.01. The molecule has 1 aromatic heterocycles. The first-order valence-corrected chi connectivity index (χ1v) is 13.8. The molecule has 1 atom stereocenters. The van der Waals surface area contributed by atoms with Crippen LogP contribution in [0.15, 0.2) is 42.7 Å². The van der Waals surface area contributed by atoms with Gasteiger partial charge in [-0.25, -0.2) is 9.59 Å². The summed E-state index contributed by atoms with van der Waals surface area (Å²) in [5, 5.41) is 5.41. The van der Waals surface area contributed by atoms with Crippen LogP contribution in [0.3, 0.4) is 0 Å². The first kappa shape index (κ1) is 30.4. The summed E-state index contributed by atoms with van der Waals surface area (Å²) in [4.78, 5) is 30.7. The quantitative estimate of drug-likeness (QED) is 0.409. The van der Waals surface area contributed by atoms with Crippen LogP contribution in [-0.4, -0.2) is 58.9 Å². The molecule has 4 rings (SSSR count). The normalized spacial score (nSPS) is 21.3. The maximum Gasteiger partial charge on any atom is 0.416 e. The zero-order valence-corrected chi connectivity index (χ0v) is 23.5. The number of nitrogens with zero attached hydrogens (tertiary/aromatic N) is 2.